The van der Waals surface area contributed by atoms with Crippen molar-refractivity contribution in [1.29, 1.82) is 0 Å². The maximum atomic E-state index is 14.0. The molecule has 21 heavy (non-hydrogen) atoms. The summed E-state index contributed by atoms with van der Waals surface area (Å²) < 4.78 is 45.9. The maximum Gasteiger partial charge on any atom is 0.263 e. The second-order valence-corrected chi connectivity index (χ2v) is 6.28. The van der Waals surface area contributed by atoms with Crippen molar-refractivity contribution in [2.24, 2.45) is 0 Å². The zero-order valence-electron chi connectivity index (χ0n) is 12.1. The highest BCUT2D eigenvalue weighted by molar-refractivity contribution is 7.92. The zero-order chi connectivity index (χ0) is 15.8. The van der Waals surface area contributed by atoms with Crippen LogP contribution in [0.2, 0.25) is 0 Å². The molecule has 0 radical (unpaired) electrons. The molecule has 0 atom stereocenters. The number of methoxy groups -OCH3 is 1. The molecule has 1 aromatic heterocycles. The maximum absolute atomic E-state index is 14.0. The Morgan fingerprint density at radius 3 is 2.43 bits per heavy atom. The second-order valence-electron chi connectivity index (χ2n) is 4.63. The minimum Gasteiger partial charge on any atom is -0.494 e. The molecule has 2 N–H and O–H groups in total. The first-order valence-electron chi connectivity index (χ1n) is 6.15. The number of hydrogen-bond donors (Lipinski definition) is 2. The molecule has 0 bridgehead atoms. The molecule has 2 aromatic rings. The summed E-state index contributed by atoms with van der Waals surface area (Å²) in [5.74, 6) is -0.503. The average Bonchev–Trinajstić information content (AvgIpc) is 2.73. The minimum absolute atomic E-state index is 0.00163. The lowest BCUT2D eigenvalue weighted by Gasteiger charge is -2.11. The van der Waals surface area contributed by atoms with Crippen molar-refractivity contribution in [1.82, 2.24) is 10.2 Å². The van der Waals surface area contributed by atoms with Crippen LogP contribution in [0.15, 0.2) is 17.0 Å². The van der Waals surface area contributed by atoms with Gasteiger partial charge < -0.3 is 4.74 Å². The number of rotatable bonds is 4. The lowest BCUT2D eigenvalue weighted by molar-refractivity contribution is 0.384. The van der Waals surface area contributed by atoms with E-state index in [2.05, 4.69) is 14.9 Å². The zero-order valence-corrected chi connectivity index (χ0v) is 12.9. The Bertz CT molecular complexity index is 784. The number of H-pyrrole nitrogens is 1. The largest absolute Gasteiger partial charge is 0.494 e. The van der Waals surface area contributed by atoms with E-state index in [1.807, 2.05) is 0 Å². The van der Waals surface area contributed by atoms with Crippen LogP contribution in [0.4, 0.5) is 10.2 Å². The number of aryl methyl sites for hydroxylation is 1. The lowest BCUT2D eigenvalue weighted by Crippen LogP contribution is -2.16. The molecule has 0 saturated heterocycles. The Kier molecular flexibility index (Phi) is 3.91. The van der Waals surface area contributed by atoms with E-state index in [0.29, 0.717) is 5.56 Å². The highest BCUT2D eigenvalue weighted by Gasteiger charge is 2.23. The van der Waals surface area contributed by atoms with Crippen LogP contribution in [-0.4, -0.2) is 25.7 Å². The standard InChI is InChI=1S/C13H16FN3O3S/c1-7-9(3)15-16-13(7)17-21(18,19)11-6-5-10(20-4)12(14)8(11)2/h5-6H,1-4H3,(H2,15,16,17). The number of aromatic nitrogens is 2. The van der Waals surface area contributed by atoms with Gasteiger partial charge in [-0.3, -0.25) is 9.82 Å². The molecule has 2 rings (SSSR count). The molecule has 0 saturated carbocycles. The van der Waals surface area contributed by atoms with Gasteiger partial charge in [0.05, 0.1) is 12.0 Å². The normalized spacial score (nSPS) is 11.5. The molecule has 0 aliphatic carbocycles. The van der Waals surface area contributed by atoms with E-state index in [4.69, 9.17) is 4.74 Å². The van der Waals surface area contributed by atoms with Crippen LogP contribution in [0.1, 0.15) is 16.8 Å². The van der Waals surface area contributed by atoms with E-state index in [1.54, 1.807) is 13.8 Å². The van der Waals surface area contributed by atoms with Crippen molar-refractivity contribution in [3.05, 3.63) is 34.8 Å². The van der Waals surface area contributed by atoms with Crippen LogP contribution in [0, 0.1) is 26.6 Å². The first kappa shape index (κ1) is 15.3. The number of aromatic amines is 1. The first-order chi connectivity index (χ1) is 9.77. The van der Waals surface area contributed by atoms with Gasteiger partial charge in [0.15, 0.2) is 17.4 Å². The molecule has 0 spiro atoms. The predicted octanol–water partition coefficient (Wildman–Crippen LogP) is 2.28. The minimum atomic E-state index is -3.93. The number of nitrogens with one attached hydrogen (secondary N) is 2. The van der Waals surface area contributed by atoms with Gasteiger partial charge in [-0.05, 0) is 32.9 Å². The number of ether oxygens (including phenoxy) is 1. The highest BCUT2D eigenvalue weighted by atomic mass is 32.2. The second kappa shape index (κ2) is 5.36. The molecule has 1 heterocycles. The summed E-state index contributed by atoms with van der Waals surface area (Å²) in [5.41, 5.74) is 1.43. The van der Waals surface area contributed by atoms with Crippen LogP contribution in [0.25, 0.3) is 0 Å². The third-order valence-electron chi connectivity index (χ3n) is 3.29. The third kappa shape index (κ3) is 2.71. The van der Waals surface area contributed by atoms with Crippen LogP contribution in [0.5, 0.6) is 5.75 Å². The molecular formula is C13H16FN3O3S. The van der Waals surface area contributed by atoms with Crippen LogP contribution >= 0.6 is 0 Å². The van der Waals surface area contributed by atoms with Gasteiger partial charge in [-0.1, -0.05) is 0 Å². The van der Waals surface area contributed by atoms with Gasteiger partial charge in [-0.25, -0.2) is 12.8 Å². The quantitative estimate of drug-likeness (QED) is 0.907. The summed E-state index contributed by atoms with van der Waals surface area (Å²) in [4.78, 5) is -0.152. The summed E-state index contributed by atoms with van der Waals surface area (Å²) in [6, 6.07) is 2.58. The molecule has 0 aliphatic rings. The highest BCUT2D eigenvalue weighted by Crippen LogP contribution is 2.27. The Labute approximate surface area is 122 Å². The third-order valence-corrected chi connectivity index (χ3v) is 4.78. The smallest absolute Gasteiger partial charge is 0.263 e. The Hall–Kier alpha value is -2.09. The van der Waals surface area contributed by atoms with Crippen molar-refractivity contribution in [3.8, 4) is 5.75 Å². The molecule has 0 unspecified atom stereocenters. The predicted molar refractivity (Wildman–Crippen MR) is 76.6 cm³/mol. The molecule has 0 aliphatic heterocycles. The SMILES string of the molecule is COc1ccc(S(=O)(=O)Nc2n[nH]c(C)c2C)c(C)c1F. The Morgan fingerprint density at radius 2 is 1.90 bits per heavy atom. The fraction of sp³-hybridized carbons (Fsp3) is 0.308. The van der Waals surface area contributed by atoms with Gasteiger partial charge in [0, 0.05) is 16.8 Å². The number of anilines is 1. The number of hydrogen-bond acceptors (Lipinski definition) is 4. The molecule has 0 fully saturated rings. The number of sulfonamides is 1. The molecule has 1 aromatic carbocycles. The molecule has 6 nitrogen and oxygen atoms in total. The summed E-state index contributed by atoms with van der Waals surface area (Å²) in [6.07, 6.45) is 0. The molecular weight excluding hydrogens is 297 g/mol. The Morgan fingerprint density at radius 1 is 1.24 bits per heavy atom. The monoisotopic (exact) mass is 313 g/mol. The molecule has 0 amide bonds. The van der Waals surface area contributed by atoms with Gasteiger partial charge in [-0.2, -0.15) is 5.10 Å². The van der Waals surface area contributed by atoms with E-state index < -0.39 is 15.8 Å². The number of nitrogens with zero attached hydrogens (tertiary/aromatic N) is 1. The van der Waals surface area contributed by atoms with E-state index in [0.717, 1.165) is 5.69 Å². The number of halogens is 1. The number of benzene rings is 1. The van der Waals surface area contributed by atoms with Gasteiger partial charge in [0.2, 0.25) is 0 Å². The van der Waals surface area contributed by atoms with E-state index in [1.165, 1.54) is 26.2 Å². The average molecular weight is 313 g/mol. The van der Waals surface area contributed by atoms with Gasteiger partial charge in [-0.15, -0.1) is 0 Å². The van der Waals surface area contributed by atoms with Gasteiger partial charge in [0.25, 0.3) is 10.0 Å². The van der Waals surface area contributed by atoms with Gasteiger partial charge in [0.1, 0.15) is 0 Å². The first-order valence-corrected chi connectivity index (χ1v) is 7.63. The van der Waals surface area contributed by atoms with Crippen molar-refractivity contribution < 1.29 is 17.5 Å². The van der Waals surface area contributed by atoms with Gasteiger partial charge >= 0.3 is 0 Å². The van der Waals surface area contributed by atoms with Crippen LogP contribution < -0.4 is 9.46 Å². The molecule has 114 valence electrons. The van der Waals surface area contributed by atoms with E-state index in [-0.39, 0.29) is 22.0 Å². The van der Waals surface area contributed by atoms with E-state index in [9.17, 15) is 12.8 Å². The Balaban J connectivity index is 2.45. The van der Waals surface area contributed by atoms with Crippen LogP contribution in [-0.2, 0) is 10.0 Å². The lowest BCUT2D eigenvalue weighted by atomic mass is 10.2. The van der Waals surface area contributed by atoms with Crippen molar-refractivity contribution in [2.45, 2.75) is 25.7 Å². The summed E-state index contributed by atoms with van der Waals surface area (Å²) >= 11 is 0. The van der Waals surface area contributed by atoms with E-state index >= 15 is 0 Å². The summed E-state index contributed by atoms with van der Waals surface area (Å²) in [6.45, 7) is 4.89. The summed E-state index contributed by atoms with van der Waals surface area (Å²) in [5, 5.41) is 6.56. The van der Waals surface area contributed by atoms with Crippen molar-refractivity contribution in [2.75, 3.05) is 11.8 Å². The van der Waals surface area contributed by atoms with Crippen molar-refractivity contribution in [3.63, 3.8) is 0 Å². The topological polar surface area (TPSA) is 84.1 Å². The summed E-state index contributed by atoms with van der Waals surface area (Å²) in [7, 11) is -2.61. The fourth-order valence-electron chi connectivity index (χ4n) is 1.86. The molecule has 8 heteroatoms. The van der Waals surface area contributed by atoms with Crippen LogP contribution in [0.3, 0.4) is 0 Å². The van der Waals surface area contributed by atoms with Crippen molar-refractivity contribution >= 4 is 15.8 Å². The fourth-order valence-corrected chi connectivity index (χ4v) is 3.16.